The van der Waals surface area contributed by atoms with E-state index in [-0.39, 0.29) is 0 Å². The number of halogens is 1. The fourth-order valence-corrected chi connectivity index (χ4v) is 4.03. The van der Waals surface area contributed by atoms with E-state index in [4.69, 9.17) is 8.85 Å². The van der Waals surface area contributed by atoms with Crippen LogP contribution in [0.15, 0.2) is 28.7 Å². The van der Waals surface area contributed by atoms with Gasteiger partial charge >= 0.3 is 8.56 Å². The Hall–Kier alpha value is -0.323. The molecule has 126 valence electrons. The van der Waals surface area contributed by atoms with Crippen LogP contribution in [0.25, 0.3) is 0 Å². The van der Waals surface area contributed by atoms with Crippen molar-refractivity contribution in [3.05, 3.63) is 28.7 Å². The zero-order chi connectivity index (χ0) is 16.3. The molecule has 0 unspecified atom stereocenters. The molecule has 1 aromatic rings. The lowest BCUT2D eigenvalue weighted by molar-refractivity contribution is 0.240. The number of rotatable bonds is 12. The van der Waals surface area contributed by atoms with Gasteiger partial charge < -0.3 is 8.85 Å². The third-order valence-corrected chi connectivity index (χ3v) is 5.78. The van der Waals surface area contributed by atoms with Gasteiger partial charge in [-0.1, -0.05) is 67.8 Å². The molecular formula is C18H31BrO2Si. The van der Waals surface area contributed by atoms with Crippen LogP contribution in [-0.2, 0) is 4.43 Å². The zero-order valence-electron chi connectivity index (χ0n) is 14.4. The minimum atomic E-state index is -2.06. The standard InChI is InChI=1S/C18H31BrO2Si/c1-4-5-6-7-8-9-10-11-16-20-22(2,3)21-18-14-12-17(19)13-15-18/h12-15H,4-11,16H2,1-3H3. The lowest BCUT2D eigenvalue weighted by Crippen LogP contribution is -2.38. The summed E-state index contributed by atoms with van der Waals surface area (Å²) >= 11 is 3.44. The van der Waals surface area contributed by atoms with Gasteiger partial charge in [-0.2, -0.15) is 0 Å². The third-order valence-electron chi connectivity index (χ3n) is 3.62. The molecule has 0 radical (unpaired) electrons. The molecule has 0 spiro atoms. The van der Waals surface area contributed by atoms with Gasteiger partial charge in [0, 0.05) is 11.1 Å². The Kier molecular flexibility index (Phi) is 10.1. The van der Waals surface area contributed by atoms with Crippen molar-refractivity contribution >= 4 is 24.5 Å². The summed E-state index contributed by atoms with van der Waals surface area (Å²) in [5.74, 6) is 0.899. The van der Waals surface area contributed by atoms with E-state index in [2.05, 4.69) is 35.9 Å². The molecule has 0 amide bonds. The van der Waals surface area contributed by atoms with Gasteiger partial charge in [0.15, 0.2) is 0 Å². The lowest BCUT2D eigenvalue weighted by Gasteiger charge is -2.24. The highest BCUT2D eigenvalue weighted by molar-refractivity contribution is 9.10. The lowest BCUT2D eigenvalue weighted by atomic mass is 10.1. The molecule has 0 saturated carbocycles. The summed E-state index contributed by atoms with van der Waals surface area (Å²) in [6, 6.07) is 7.97. The molecule has 0 heterocycles. The van der Waals surface area contributed by atoms with Crippen LogP contribution in [-0.4, -0.2) is 15.2 Å². The molecule has 0 aliphatic rings. The number of unbranched alkanes of at least 4 members (excludes halogenated alkanes) is 7. The summed E-state index contributed by atoms with van der Waals surface area (Å²) in [6.07, 6.45) is 10.6. The summed E-state index contributed by atoms with van der Waals surface area (Å²) in [7, 11) is -2.06. The van der Waals surface area contributed by atoms with E-state index < -0.39 is 8.56 Å². The highest BCUT2D eigenvalue weighted by Gasteiger charge is 2.26. The van der Waals surface area contributed by atoms with Crippen LogP contribution in [0.1, 0.15) is 58.3 Å². The molecule has 0 aliphatic heterocycles. The predicted molar refractivity (Wildman–Crippen MR) is 101 cm³/mol. The van der Waals surface area contributed by atoms with Crippen LogP contribution in [0.3, 0.4) is 0 Å². The Morgan fingerprint density at radius 3 is 2.00 bits per heavy atom. The quantitative estimate of drug-likeness (QED) is 0.294. The van der Waals surface area contributed by atoms with Crippen LogP contribution in [0.2, 0.25) is 13.1 Å². The topological polar surface area (TPSA) is 18.5 Å². The molecule has 0 bridgehead atoms. The summed E-state index contributed by atoms with van der Waals surface area (Å²) < 4.78 is 13.1. The van der Waals surface area contributed by atoms with E-state index in [1.807, 2.05) is 24.3 Å². The first kappa shape index (κ1) is 19.7. The van der Waals surface area contributed by atoms with Crippen molar-refractivity contribution in [2.75, 3.05) is 6.61 Å². The average molecular weight is 387 g/mol. The fourth-order valence-electron chi connectivity index (χ4n) is 2.37. The summed E-state index contributed by atoms with van der Waals surface area (Å²) in [6.45, 7) is 7.31. The van der Waals surface area contributed by atoms with Crippen LogP contribution >= 0.6 is 15.9 Å². The molecule has 0 saturated heterocycles. The van der Waals surface area contributed by atoms with E-state index in [1.165, 1.54) is 44.9 Å². The Morgan fingerprint density at radius 1 is 0.864 bits per heavy atom. The van der Waals surface area contributed by atoms with Gasteiger partial charge in [-0.15, -0.1) is 0 Å². The van der Waals surface area contributed by atoms with Gasteiger partial charge in [0.25, 0.3) is 0 Å². The van der Waals surface area contributed by atoms with Crippen molar-refractivity contribution in [1.82, 2.24) is 0 Å². The second-order valence-electron chi connectivity index (χ2n) is 6.28. The fraction of sp³-hybridized carbons (Fsp3) is 0.667. The first-order chi connectivity index (χ1) is 10.5. The van der Waals surface area contributed by atoms with Gasteiger partial charge in [-0.3, -0.25) is 0 Å². The predicted octanol–water partition coefficient (Wildman–Crippen LogP) is 6.69. The van der Waals surface area contributed by atoms with E-state index in [0.717, 1.165) is 23.2 Å². The minimum absolute atomic E-state index is 0.824. The van der Waals surface area contributed by atoms with Crippen LogP contribution in [0.5, 0.6) is 5.75 Å². The molecular weight excluding hydrogens is 356 g/mol. The highest BCUT2D eigenvalue weighted by atomic mass is 79.9. The summed E-state index contributed by atoms with van der Waals surface area (Å²) in [5, 5.41) is 0. The molecule has 0 atom stereocenters. The maximum Gasteiger partial charge on any atom is 0.392 e. The van der Waals surface area contributed by atoms with E-state index in [9.17, 15) is 0 Å². The van der Waals surface area contributed by atoms with Crippen LogP contribution in [0, 0.1) is 0 Å². The maximum absolute atomic E-state index is 6.02. The van der Waals surface area contributed by atoms with Crippen molar-refractivity contribution < 1.29 is 8.85 Å². The Bertz CT molecular complexity index is 393. The second-order valence-corrected chi connectivity index (χ2v) is 10.5. The van der Waals surface area contributed by atoms with Crippen molar-refractivity contribution in [2.45, 2.75) is 71.4 Å². The first-order valence-electron chi connectivity index (χ1n) is 8.62. The molecule has 0 N–H and O–H groups in total. The monoisotopic (exact) mass is 386 g/mol. The normalized spacial score (nSPS) is 11.6. The maximum atomic E-state index is 6.02. The zero-order valence-corrected chi connectivity index (χ0v) is 17.0. The van der Waals surface area contributed by atoms with Crippen LogP contribution < -0.4 is 4.43 Å². The molecule has 4 heteroatoms. The van der Waals surface area contributed by atoms with Crippen molar-refractivity contribution in [1.29, 1.82) is 0 Å². The van der Waals surface area contributed by atoms with E-state index >= 15 is 0 Å². The molecule has 0 aromatic heterocycles. The van der Waals surface area contributed by atoms with Gasteiger partial charge in [0.05, 0.1) is 0 Å². The number of benzene rings is 1. The molecule has 2 nitrogen and oxygen atoms in total. The largest absolute Gasteiger partial charge is 0.520 e. The second kappa shape index (κ2) is 11.2. The smallest absolute Gasteiger partial charge is 0.392 e. The SMILES string of the molecule is CCCCCCCCCCO[Si](C)(C)Oc1ccc(Br)cc1. The first-order valence-corrected chi connectivity index (χ1v) is 12.2. The third kappa shape index (κ3) is 9.64. The van der Waals surface area contributed by atoms with Gasteiger partial charge in [-0.25, -0.2) is 0 Å². The number of hydrogen-bond acceptors (Lipinski definition) is 2. The van der Waals surface area contributed by atoms with Crippen molar-refractivity contribution in [3.8, 4) is 5.75 Å². The molecule has 1 aromatic carbocycles. The number of hydrogen-bond donors (Lipinski definition) is 0. The molecule has 1 rings (SSSR count). The molecule has 0 fully saturated rings. The van der Waals surface area contributed by atoms with E-state index in [1.54, 1.807) is 0 Å². The molecule has 22 heavy (non-hydrogen) atoms. The van der Waals surface area contributed by atoms with Gasteiger partial charge in [0.1, 0.15) is 5.75 Å². The summed E-state index contributed by atoms with van der Waals surface area (Å²) in [4.78, 5) is 0. The van der Waals surface area contributed by atoms with Crippen molar-refractivity contribution in [3.63, 3.8) is 0 Å². The Labute approximate surface area is 146 Å². The van der Waals surface area contributed by atoms with Gasteiger partial charge in [0.2, 0.25) is 0 Å². The average Bonchev–Trinajstić information content (AvgIpc) is 2.48. The minimum Gasteiger partial charge on any atom is -0.520 e. The summed E-state index contributed by atoms with van der Waals surface area (Å²) in [5.41, 5.74) is 0. The van der Waals surface area contributed by atoms with Gasteiger partial charge in [-0.05, 0) is 43.8 Å². The van der Waals surface area contributed by atoms with Crippen molar-refractivity contribution in [2.24, 2.45) is 0 Å². The van der Waals surface area contributed by atoms with E-state index in [0.29, 0.717) is 0 Å². The molecule has 0 aliphatic carbocycles. The Balaban J connectivity index is 2.08. The highest BCUT2D eigenvalue weighted by Crippen LogP contribution is 2.20. The van der Waals surface area contributed by atoms with Crippen LogP contribution in [0.4, 0.5) is 0 Å². The Morgan fingerprint density at radius 2 is 1.41 bits per heavy atom.